The summed E-state index contributed by atoms with van der Waals surface area (Å²) in [6.07, 6.45) is 2.41. The van der Waals surface area contributed by atoms with Crippen LogP contribution in [-0.4, -0.2) is 58.1 Å². The predicted molar refractivity (Wildman–Crippen MR) is 109 cm³/mol. The summed E-state index contributed by atoms with van der Waals surface area (Å²) in [7, 11) is 0. The number of nitrogens with one attached hydrogen (secondary N) is 1. The second-order valence-electron chi connectivity index (χ2n) is 7.36. The molecule has 8 nitrogen and oxygen atoms in total. The fourth-order valence-electron chi connectivity index (χ4n) is 3.61. The van der Waals surface area contributed by atoms with E-state index in [2.05, 4.69) is 10.2 Å². The molecule has 8 heteroatoms. The third-order valence-corrected chi connectivity index (χ3v) is 5.25. The molecule has 2 aromatic carbocycles. The van der Waals surface area contributed by atoms with Crippen LogP contribution in [-0.2, 0) is 0 Å². The highest BCUT2D eigenvalue weighted by Crippen LogP contribution is 2.36. The van der Waals surface area contributed by atoms with Crippen LogP contribution in [0, 0.1) is 0 Å². The minimum absolute atomic E-state index is 0.0129. The maximum absolute atomic E-state index is 12.6. The monoisotopic (exact) mass is 410 g/mol. The number of fused-ring (bicyclic) bond motifs is 1. The van der Waals surface area contributed by atoms with Crippen molar-refractivity contribution in [2.75, 3.05) is 26.2 Å². The fourth-order valence-corrected chi connectivity index (χ4v) is 3.61. The fraction of sp³-hybridized carbons (Fsp3) is 0.273. The molecule has 156 valence electrons. The van der Waals surface area contributed by atoms with Crippen molar-refractivity contribution in [1.29, 1.82) is 0 Å². The number of phenolic OH excluding ortho intramolecular Hbond substituents is 3. The van der Waals surface area contributed by atoms with Gasteiger partial charge in [-0.25, -0.2) is 0 Å². The Morgan fingerprint density at radius 3 is 2.37 bits per heavy atom. The molecular formula is C22H22N2O6. The number of amides is 1. The predicted octanol–water partition coefficient (Wildman–Crippen LogP) is 2.61. The Balaban J connectivity index is 1.49. The average Bonchev–Trinajstić information content (AvgIpc) is 3.40. The number of aromatic hydroxyl groups is 3. The van der Waals surface area contributed by atoms with Crippen LogP contribution in [0.15, 0.2) is 40.8 Å². The van der Waals surface area contributed by atoms with Crippen LogP contribution in [0.25, 0.3) is 11.0 Å². The van der Waals surface area contributed by atoms with E-state index in [-0.39, 0.29) is 17.2 Å². The summed E-state index contributed by atoms with van der Waals surface area (Å²) in [6.45, 7) is 3.54. The Morgan fingerprint density at radius 1 is 0.967 bits per heavy atom. The van der Waals surface area contributed by atoms with Crippen LogP contribution in [0.2, 0.25) is 0 Å². The topological polar surface area (TPSA) is 123 Å². The number of hydrogen-bond donors (Lipinski definition) is 4. The number of phenols is 3. The number of nitrogens with zero attached hydrogens (tertiary/aromatic N) is 1. The Hall–Kier alpha value is -3.52. The number of rotatable bonds is 6. The number of furan rings is 1. The molecule has 0 spiro atoms. The SMILES string of the molecule is O=C(NCCN1CCCC1)c1ccc2oc(C(=O)c3cc(O)c(O)c(O)c3)cc2c1. The van der Waals surface area contributed by atoms with Crippen LogP contribution < -0.4 is 5.32 Å². The zero-order chi connectivity index (χ0) is 21.3. The lowest BCUT2D eigenvalue weighted by molar-refractivity contribution is 0.0949. The van der Waals surface area contributed by atoms with E-state index >= 15 is 0 Å². The molecule has 0 radical (unpaired) electrons. The van der Waals surface area contributed by atoms with E-state index in [1.54, 1.807) is 18.2 Å². The molecule has 3 aromatic rings. The summed E-state index contributed by atoms with van der Waals surface area (Å²) >= 11 is 0. The molecule has 1 aliphatic heterocycles. The Labute approximate surface area is 172 Å². The zero-order valence-electron chi connectivity index (χ0n) is 16.2. The summed E-state index contributed by atoms with van der Waals surface area (Å²) in [6, 6.07) is 8.48. The molecule has 0 atom stereocenters. The quantitative estimate of drug-likeness (QED) is 0.364. The van der Waals surface area contributed by atoms with Gasteiger partial charge in [-0.3, -0.25) is 9.59 Å². The van der Waals surface area contributed by atoms with Gasteiger partial charge in [-0.15, -0.1) is 0 Å². The minimum Gasteiger partial charge on any atom is -0.504 e. The van der Waals surface area contributed by atoms with Gasteiger partial charge in [-0.2, -0.15) is 0 Å². The molecule has 1 fully saturated rings. The third-order valence-electron chi connectivity index (χ3n) is 5.25. The number of carbonyl (C=O) groups excluding carboxylic acids is 2. The first-order chi connectivity index (χ1) is 14.4. The van der Waals surface area contributed by atoms with Crippen LogP contribution in [0.4, 0.5) is 0 Å². The van der Waals surface area contributed by atoms with Crippen molar-refractivity contribution >= 4 is 22.7 Å². The molecule has 1 amide bonds. The summed E-state index contributed by atoms with van der Waals surface area (Å²) < 4.78 is 5.56. The van der Waals surface area contributed by atoms with Crippen molar-refractivity contribution in [3.63, 3.8) is 0 Å². The van der Waals surface area contributed by atoms with Gasteiger partial charge in [0.25, 0.3) is 5.91 Å². The molecule has 1 saturated heterocycles. The lowest BCUT2D eigenvalue weighted by atomic mass is 10.1. The Bertz CT molecular complexity index is 1090. The molecule has 0 aliphatic carbocycles. The van der Waals surface area contributed by atoms with Crippen molar-refractivity contribution in [2.45, 2.75) is 12.8 Å². The molecule has 0 bridgehead atoms. The minimum atomic E-state index is -0.698. The number of benzene rings is 2. The van der Waals surface area contributed by atoms with Crippen LogP contribution in [0.5, 0.6) is 17.2 Å². The van der Waals surface area contributed by atoms with E-state index in [1.807, 2.05) is 0 Å². The molecule has 0 saturated carbocycles. The van der Waals surface area contributed by atoms with E-state index in [0.29, 0.717) is 23.1 Å². The maximum atomic E-state index is 12.6. The average molecular weight is 410 g/mol. The van der Waals surface area contributed by atoms with E-state index in [0.717, 1.165) is 31.8 Å². The van der Waals surface area contributed by atoms with Gasteiger partial charge in [-0.1, -0.05) is 0 Å². The van der Waals surface area contributed by atoms with E-state index in [4.69, 9.17) is 4.42 Å². The smallest absolute Gasteiger partial charge is 0.251 e. The standard InChI is InChI=1S/C22H22N2O6/c25-16-10-15(11-17(26)21(16)28)20(27)19-12-14-9-13(3-4-18(14)30-19)22(29)23-5-8-24-6-1-2-7-24/h3-4,9-12,25-26,28H,1-2,5-8H2,(H,23,29). The van der Waals surface area contributed by atoms with E-state index < -0.39 is 23.0 Å². The van der Waals surface area contributed by atoms with Crippen LogP contribution in [0.1, 0.15) is 39.3 Å². The van der Waals surface area contributed by atoms with Gasteiger partial charge in [0.2, 0.25) is 5.78 Å². The molecular weight excluding hydrogens is 388 g/mol. The molecule has 1 aromatic heterocycles. The van der Waals surface area contributed by atoms with Crippen molar-refractivity contribution < 1.29 is 29.3 Å². The van der Waals surface area contributed by atoms with Crippen molar-refractivity contribution in [3.05, 3.63) is 53.3 Å². The van der Waals surface area contributed by atoms with Gasteiger partial charge < -0.3 is 30.0 Å². The summed E-state index contributed by atoms with van der Waals surface area (Å²) in [5.41, 5.74) is 0.851. The number of carbonyl (C=O) groups is 2. The number of hydrogen-bond acceptors (Lipinski definition) is 7. The summed E-state index contributed by atoms with van der Waals surface area (Å²) in [5, 5.41) is 32.1. The summed E-state index contributed by atoms with van der Waals surface area (Å²) in [5.74, 6) is -2.70. The molecule has 2 heterocycles. The first-order valence-corrected chi connectivity index (χ1v) is 9.76. The van der Waals surface area contributed by atoms with Crippen molar-refractivity contribution in [1.82, 2.24) is 10.2 Å². The molecule has 4 N–H and O–H groups in total. The molecule has 30 heavy (non-hydrogen) atoms. The molecule has 1 aliphatic rings. The first kappa shape index (κ1) is 19.8. The highest BCUT2D eigenvalue weighted by atomic mass is 16.3. The maximum Gasteiger partial charge on any atom is 0.251 e. The molecule has 4 rings (SSSR count). The second kappa shape index (κ2) is 8.08. The third kappa shape index (κ3) is 3.95. The highest BCUT2D eigenvalue weighted by molar-refractivity contribution is 6.10. The van der Waals surface area contributed by atoms with Crippen molar-refractivity contribution in [2.24, 2.45) is 0 Å². The van der Waals surface area contributed by atoms with Crippen LogP contribution in [0.3, 0.4) is 0 Å². The lowest BCUT2D eigenvalue weighted by Crippen LogP contribution is -2.33. The molecule has 0 unspecified atom stereocenters. The van der Waals surface area contributed by atoms with Gasteiger partial charge >= 0.3 is 0 Å². The van der Waals surface area contributed by atoms with E-state index in [1.165, 1.54) is 18.9 Å². The van der Waals surface area contributed by atoms with Crippen LogP contribution >= 0.6 is 0 Å². The zero-order valence-corrected chi connectivity index (χ0v) is 16.2. The van der Waals surface area contributed by atoms with E-state index in [9.17, 15) is 24.9 Å². The van der Waals surface area contributed by atoms with Gasteiger partial charge in [-0.05, 0) is 62.3 Å². The van der Waals surface area contributed by atoms with Gasteiger partial charge in [0.05, 0.1) is 0 Å². The van der Waals surface area contributed by atoms with Gasteiger partial charge in [0, 0.05) is 29.6 Å². The number of ketones is 1. The van der Waals surface area contributed by atoms with Gasteiger partial charge in [0.15, 0.2) is 23.0 Å². The number of likely N-dealkylation sites (tertiary alicyclic amines) is 1. The Morgan fingerprint density at radius 2 is 1.67 bits per heavy atom. The normalized spacial score (nSPS) is 14.3. The first-order valence-electron chi connectivity index (χ1n) is 9.76. The second-order valence-corrected chi connectivity index (χ2v) is 7.36. The largest absolute Gasteiger partial charge is 0.504 e. The Kier molecular flexibility index (Phi) is 5.33. The lowest BCUT2D eigenvalue weighted by Gasteiger charge is -2.14. The summed E-state index contributed by atoms with van der Waals surface area (Å²) in [4.78, 5) is 27.4. The highest BCUT2D eigenvalue weighted by Gasteiger charge is 2.19. The van der Waals surface area contributed by atoms with Crippen molar-refractivity contribution in [3.8, 4) is 17.2 Å². The van der Waals surface area contributed by atoms with Gasteiger partial charge in [0.1, 0.15) is 5.58 Å².